The van der Waals surface area contributed by atoms with Crippen molar-refractivity contribution in [3.05, 3.63) is 21.3 Å². The van der Waals surface area contributed by atoms with Crippen LogP contribution in [0.4, 0.5) is 0 Å². The van der Waals surface area contributed by atoms with Crippen molar-refractivity contribution in [2.24, 2.45) is 5.92 Å². The van der Waals surface area contributed by atoms with E-state index in [0.717, 1.165) is 15.6 Å². The van der Waals surface area contributed by atoms with Gasteiger partial charge in [-0.3, -0.25) is 0 Å². The molecule has 1 fully saturated rings. The van der Waals surface area contributed by atoms with Crippen molar-refractivity contribution < 1.29 is 0 Å². The first-order chi connectivity index (χ1) is 5.66. The quantitative estimate of drug-likeness (QED) is 0.707. The first-order valence-corrected chi connectivity index (χ1v) is 6.35. The molecule has 0 saturated heterocycles. The minimum atomic E-state index is 0.410. The largest absolute Gasteiger partial charge is 0.132 e. The lowest BCUT2D eigenvalue weighted by Crippen LogP contribution is -2.02. The zero-order valence-electron chi connectivity index (χ0n) is 6.81. The summed E-state index contributed by atoms with van der Waals surface area (Å²) < 4.78 is 0.909. The van der Waals surface area contributed by atoms with Crippen molar-refractivity contribution in [1.82, 2.24) is 0 Å². The van der Waals surface area contributed by atoms with E-state index in [9.17, 15) is 0 Å². The van der Waals surface area contributed by atoms with E-state index in [1.165, 1.54) is 12.0 Å². The van der Waals surface area contributed by atoms with Gasteiger partial charge in [0.1, 0.15) is 0 Å². The molecule has 1 aromatic heterocycles. The Morgan fingerprint density at radius 3 is 3.00 bits per heavy atom. The molecule has 1 saturated carbocycles. The molecule has 0 aliphatic heterocycles. The van der Waals surface area contributed by atoms with Crippen LogP contribution in [0.3, 0.4) is 0 Å². The Hall–Kier alpha value is 0.470. The van der Waals surface area contributed by atoms with Crippen LogP contribution in [0, 0.1) is 5.92 Å². The van der Waals surface area contributed by atoms with Crippen molar-refractivity contribution in [2.45, 2.75) is 18.8 Å². The number of thiophene rings is 1. The molecule has 0 aromatic carbocycles. The average Bonchev–Trinajstić information content (AvgIpc) is 2.50. The van der Waals surface area contributed by atoms with Gasteiger partial charge in [-0.25, -0.2) is 0 Å². The van der Waals surface area contributed by atoms with Gasteiger partial charge in [0.2, 0.25) is 0 Å². The highest BCUT2D eigenvalue weighted by Gasteiger charge is 2.50. The van der Waals surface area contributed by atoms with E-state index in [0.29, 0.717) is 5.41 Å². The number of halogens is 2. The zero-order chi connectivity index (χ0) is 8.77. The molecule has 3 heteroatoms. The summed E-state index contributed by atoms with van der Waals surface area (Å²) in [5.41, 5.74) is 1.83. The van der Waals surface area contributed by atoms with Gasteiger partial charge in [-0.1, -0.05) is 34.5 Å². The molecule has 2 unspecified atom stereocenters. The molecule has 2 atom stereocenters. The molecule has 0 spiro atoms. The third kappa shape index (κ3) is 1.34. The summed E-state index contributed by atoms with van der Waals surface area (Å²) in [6, 6.07) is 2.11. The Kier molecular flexibility index (Phi) is 2.26. The molecule has 1 aromatic rings. The van der Waals surface area contributed by atoms with Gasteiger partial charge in [0.25, 0.3) is 0 Å². The van der Waals surface area contributed by atoms with Crippen LogP contribution in [0.5, 0.6) is 0 Å². The van der Waals surface area contributed by atoms with Crippen molar-refractivity contribution in [2.75, 3.05) is 5.33 Å². The summed E-state index contributed by atoms with van der Waals surface area (Å²) in [5.74, 6) is 0.808. The summed E-state index contributed by atoms with van der Waals surface area (Å²) in [6.07, 6.45) is 1.30. The summed E-state index contributed by atoms with van der Waals surface area (Å²) in [7, 11) is 0. The van der Waals surface area contributed by atoms with E-state index >= 15 is 0 Å². The van der Waals surface area contributed by atoms with Gasteiger partial charge < -0.3 is 0 Å². The van der Waals surface area contributed by atoms with E-state index in [4.69, 9.17) is 11.6 Å². The van der Waals surface area contributed by atoms with Crippen LogP contribution in [0.25, 0.3) is 0 Å². The third-order valence-corrected chi connectivity index (χ3v) is 4.70. The van der Waals surface area contributed by atoms with E-state index in [-0.39, 0.29) is 0 Å². The second-order valence-corrected chi connectivity index (χ2v) is 5.80. The molecule has 0 N–H and O–H groups in total. The van der Waals surface area contributed by atoms with Crippen molar-refractivity contribution >= 4 is 38.9 Å². The fourth-order valence-corrected chi connectivity index (χ4v) is 3.61. The fourth-order valence-electron chi connectivity index (χ4n) is 1.64. The van der Waals surface area contributed by atoms with Gasteiger partial charge in [-0.15, -0.1) is 11.3 Å². The first kappa shape index (κ1) is 9.04. The average molecular weight is 266 g/mol. The van der Waals surface area contributed by atoms with Crippen LogP contribution >= 0.6 is 38.9 Å². The molecular weight excluding hydrogens is 256 g/mol. The monoisotopic (exact) mass is 264 g/mol. The minimum Gasteiger partial charge on any atom is -0.132 e. The summed E-state index contributed by atoms with van der Waals surface area (Å²) in [6.45, 7) is 2.32. The lowest BCUT2D eigenvalue weighted by Gasteiger charge is -2.06. The molecular formula is C9H10BrClS. The molecule has 1 aliphatic rings. The van der Waals surface area contributed by atoms with Crippen molar-refractivity contribution in [3.63, 3.8) is 0 Å². The van der Waals surface area contributed by atoms with Crippen LogP contribution in [0.2, 0.25) is 4.34 Å². The molecule has 0 nitrogen and oxygen atoms in total. The Morgan fingerprint density at radius 2 is 2.58 bits per heavy atom. The van der Waals surface area contributed by atoms with E-state index < -0.39 is 0 Å². The van der Waals surface area contributed by atoms with Gasteiger partial charge in [0.15, 0.2) is 0 Å². The Bertz CT molecular complexity index is 296. The topological polar surface area (TPSA) is 0 Å². The molecule has 1 aliphatic carbocycles. The molecule has 0 bridgehead atoms. The van der Waals surface area contributed by atoms with Gasteiger partial charge in [-0.05, 0) is 34.8 Å². The Morgan fingerprint density at radius 1 is 1.83 bits per heavy atom. The maximum absolute atomic E-state index is 5.89. The Balaban J connectivity index is 2.22. The summed E-state index contributed by atoms with van der Waals surface area (Å²) >= 11 is 11.1. The van der Waals surface area contributed by atoms with Crippen LogP contribution in [-0.2, 0) is 5.41 Å². The highest BCUT2D eigenvalue weighted by atomic mass is 79.9. The van der Waals surface area contributed by atoms with Crippen molar-refractivity contribution in [3.8, 4) is 0 Å². The van der Waals surface area contributed by atoms with Gasteiger partial charge >= 0.3 is 0 Å². The Labute approximate surface area is 90.1 Å². The van der Waals surface area contributed by atoms with Gasteiger partial charge in [0, 0.05) is 5.33 Å². The molecule has 0 amide bonds. The lowest BCUT2D eigenvalue weighted by molar-refractivity contribution is 0.713. The predicted molar refractivity (Wildman–Crippen MR) is 58.6 cm³/mol. The van der Waals surface area contributed by atoms with Crippen molar-refractivity contribution in [1.29, 1.82) is 0 Å². The zero-order valence-corrected chi connectivity index (χ0v) is 9.97. The van der Waals surface area contributed by atoms with Gasteiger partial charge in [0.05, 0.1) is 4.34 Å². The molecule has 0 radical (unpaired) electrons. The number of alkyl halides is 1. The van der Waals surface area contributed by atoms with Crippen LogP contribution in [0.15, 0.2) is 11.4 Å². The van der Waals surface area contributed by atoms with Gasteiger partial charge in [-0.2, -0.15) is 0 Å². The number of hydrogen-bond donors (Lipinski definition) is 0. The lowest BCUT2D eigenvalue weighted by atomic mass is 10.00. The maximum Gasteiger partial charge on any atom is 0.0931 e. The highest BCUT2D eigenvalue weighted by molar-refractivity contribution is 9.09. The second-order valence-electron chi connectivity index (χ2n) is 3.61. The van der Waals surface area contributed by atoms with Crippen LogP contribution in [-0.4, -0.2) is 5.33 Å². The van der Waals surface area contributed by atoms with E-state index in [2.05, 4.69) is 34.3 Å². The fraction of sp³-hybridized carbons (Fsp3) is 0.556. The van der Waals surface area contributed by atoms with Crippen LogP contribution < -0.4 is 0 Å². The molecule has 1 heterocycles. The predicted octanol–water partition coefficient (Wildman–Crippen LogP) is 4.07. The second kappa shape index (κ2) is 3.00. The minimum absolute atomic E-state index is 0.410. The SMILES string of the molecule is CC1(c2csc(Cl)c2)CC1CBr. The van der Waals surface area contributed by atoms with E-state index in [1.807, 2.05) is 0 Å². The highest BCUT2D eigenvalue weighted by Crippen LogP contribution is 2.55. The van der Waals surface area contributed by atoms with Crippen LogP contribution in [0.1, 0.15) is 18.9 Å². The molecule has 2 rings (SSSR count). The summed E-state index contributed by atoms with van der Waals surface area (Å²) in [4.78, 5) is 0. The number of rotatable bonds is 2. The normalized spacial score (nSPS) is 33.8. The standard InChI is InChI=1S/C9H10BrClS/c1-9(3-7(9)4-10)6-2-8(11)12-5-6/h2,5,7H,3-4H2,1H3. The first-order valence-electron chi connectivity index (χ1n) is 3.97. The third-order valence-electron chi connectivity index (χ3n) is 2.82. The molecule has 66 valence electrons. The summed E-state index contributed by atoms with van der Waals surface area (Å²) in [5, 5.41) is 3.29. The smallest absolute Gasteiger partial charge is 0.0931 e. The number of hydrogen-bond acceptors (Lipinski definition) is 1. The maximum atomic E-state index is 5.89. The van der Waals surface area contributed by atoms with E-state index in [1.54, 1.807) is 11.3 Å². The molecule has 12 heavy (non-hydrogen) atoms.